The quantitative estimate of drug-likeness (QED) is 0.624. The molecule has 0 unspecified atom stereocenters. The van der Waals surface area contributed by atoms with Crippen molar-refractivity contribution in [3.05, 3.63) is 39.9 Å². The van der Waals surface area contributed by atoms with Gasteiger partial charge in [-0.1, -0.05) is 23.2 Å². The zero-order chi connectivity index (χ0) is 10.7. The molecule has 4 heteroatoms. The van der Waals surface area contributed by atoms with Gasteiger partial charge in [-0.25, -0.2) is 0 Å². The fraction of sp³-hybridized carbons (Fsp3) is 0.100. The van der Waals surface area contributed by atoms with E-state index in [1.54, 1.807) is 12.1 Å². The van der Waals surface area contributed by atoms with Crippen molar-refractivity contribution in [2.24, 2.45) is 0 Å². The highest BCUT2D eigenvalue weighted by atomic mass is 35.5. The molecule has 74 valence electrons. The van der Waals surface area contributed by atoms with Crippen LogP contribution >= 0.6 is 23.2 Å². The van der Waals surface area contributed by atoms with E-state index in [9.17, 15) is 9.90 Å². The summed E-state index contributed by atoms with van der Waals surface area (Å²) in [7, 11) is 0. The molecule has 1 aromatic rings. The van der Waals surface area contributed by atoms with Crippen LogP contribution < -0.4 is 0 Å². The zero-order valence-corrected chi connectivity index (χ0v) is 8.93. The van der Waals surface area contributed by atoms with E-state index in [2.05, 4.69) is 0 Å². The van der Waals surface area contributed by atoms with Gasteiger partial charge in [0, 0.05) is 16.7 Å². The molecule has 14 heavy (non-hydrogen) atoms. The number of rotatable bonds is 2. The summed E-state index contributed by atoms with van der Waals surface area (Å²) >= 11 is 11.5. The minimum Gasteiger partial charge on any atom is -0.507 e. The summed E-state index contributed by atoms with van der Waals surface area (Å²) in [5.41, 5.74) is 0.395. The first-order valence-electron chi connectivity index (χ1n) is 3.87. The highest BCUT2D eigenvalue weighted by Crippen LogP contribution is 2.25. The van der Waals surface area contributed by atoms with Crippen molar-refractivity contribution >= 4 is 34.7 Å². The molecule has 0 fully saturated rings. The summed E-state index contributed by atoms with van der Waals surface area (Å²) in [6.45, 7) is 1.35. The third-order valence-electron chi connectivity index (χ3n) is 1.55. The Morgan fingerprint density at radius 2 is 2.07 bits per heavy atom. The van der Waals surface area contributed by atoms with E-state index >= 15 is 0 Å². The maximum Gasteiger partial charge on any atom is 0.156 e. The lowest BCUT2D eigenvalue weighted by Gasteiger charge is -2.02. The number of aliphatic hydroxyl groups excluding tert-OH is 1. The van der Waals surface area contributed by atoms with Crippen LogP contribution in [0.4, 0.5) is 0 Å². The average molecular weight is 231 g/mol. The van der Waals surface area contributed by atoms with Crippen LogP contribution in [-0.4, -0.2) is 10.9 Å². The third-order valence-corrected chi connectivity index (χ3v) is 2.09. The number of benzene rings is 1. The highest BCUT2D eigenvalue weighted by molar-refractivity contribution is 6.35. The van der Waals surface area contributed by atoms with Crippen molar-refractivity contribution < 1.29 is 9.90 Å². The van der Waals surface area contributed by atoms with E-state index in [0.29, 0.717) is 15.6 Å². The summed E-state index contributed by atoms with van der Waals surface area (Å²) in [5.74, 6) is -0.396. The van der Waals surface area contributed by atoms with Gasteiger partial charge in [-0.3, -0.25) is 4.79 Å². The molecule has 2 nitrogen and oxygen atoms in total. The van der Waals surface area contributed by atoms with Gasteiger partial charge in [0.1, 0.15) is 5.76 Å². The molecule has 0 bridgehead atoms. The molecule has 0 heterocycles. The number of ketones is 1. The van der Waals surface area contributed by atoms with E-state index in [1.807, 2.05) is 0 Å². The lowest BCUT2D eigenvalue weighted by atomic mass is 10.1. The molecule has 0 aliphatic rings. The highest BCUT2D eigenvalue weighted by Gasteiger charge is 2.05. The van der Waals surface area contributed by atoms with Crippen LogP contribution in [0.15, 0.2) is 24.3 Å². The maximum absolute atomic E-state index is 10.7. The Bertz CT molecular complexity index is 397. The summed E-state index contributed by atoms with van der Waals surface area (Å²) in [6, 6.07) is 4.65. The van der Waals surface area contributed by atoms with E-state index in [4.69, 9.17) is 23.2 Å². The van der Waals surface area contributed by atoms with Gasteiger partial charge in [0.25, 0.3) is 0 Å². The van der Waals surface area contributed by atoms with Crippen molar-refractivity contribution in [3.63, 3.8) is 0 Å². The van der Waals surface area contributed by atoms with E-state index in [1.165, 1.54) is 13.0 Å². The van der Waals surface area contributed by atoms with Crippen molar-refractivity contribution in [1.29, 1.82) is 0 Å². The molecule has 0 aromatic heterocycles. The van der Waals surface area contributed by atoms with E-state index in [-0.39, 0.29) is 11.5 Å². The van der Waals surface area contributed by atoms with Gasteiger partial charge in [-0.2, -0.15) is 0 Å². The van der Waals surface area contributed by atoms with Crippen LogP contribution in [0.2, 0.25) is 10.0 Å². The number of carbonyl (C=O) groups is 1. The lowest BCUT2D eigenvalue weighted by Crippen LogP contribution is -1.89. The lowest BCUT2D eigenvalue weighted by molar-refractivity contribution is -0.112. The first-order chi connectivity index (χ1) is 6.50. The van der Waals surface area contributed by atoms with Gasteiger partial charge in [0.2, 0.25) is 0 Å². The normalized spacial score (nSPS) is 11.5. The monoisotopic (exact) mass is 230 g/mol. The number of carbonyl (C=O) groups excluding carboxylic acids is 1. The second kappa shape index (κ2) is 4.49. The molecular weight excluding hydrogens is 223 g/mol. The van der Waals surface area contributed by atoms with Crippen molar-refractivity contribution in [3.8, 4) is 0 Å². The van der Waals surface area contributed by atoms with Gasteiger partial charge in [0.15, 0.2) is 5.78 Å². The van der Waals surface area contributed by atoms with Crippen molar-refractivity contribution in [2.45, 2.75) is 6.92 Å². The second-order valence-electron chi connectivity index (χ2n) is 2.76. The number of allylic oxidation sites excluding steroid dienone is 1. The van der Waals surface area contributed by atoms with Crippen LogP contribution in [-0.2, 0) is 4.79 Å². The fourth-order valence-corrected chi connectivity index (χ4v) is 1.47. The SMILES string of the molecule is CC(=O)/C=C(\O)c1ccc(Cl)cc1Cl. The molecule has 0 aliphatic heterocycles. The standard InChI is InChI=1S/C10H8Cl2O2/c1-6(13)4-10(14)8-3-2-7(11)5-9(8)12/h2-5,14H,1H3/b10-4-. The predicted molar refractivity (Wildman–Crippen MR) is 57.7 cm³/mol. The van der Waals surface area contributed by atoms with Crippen molar-refractivity contribution in [2.75, 3.05) is 0 Å². The predicted octanol–water partition coefficient (Wildman–Crippen LogP) is 3.48. The van der Waals surface area contributed by atoms with Crippen LogP contribution in [0.3, 0.4) is 0 Å². The summed E-state index contributed by atoms with van der Waals surface area (Å²) in [5, 5.41) is 10.3. The molecule has 1 N–H and O–H groups in total. The smallest absolute Gasteiger partial charge is 0.156 e. The maximum atomic E-state index is 10.7. The largest absolute Gasteiger partial charge is 0.507 e. The number of aliphatic hydroxyl groups is 1. The summed E-state index contributed by atoms with van der Waals surface area (Å²) in [6.07, 6.45) is 1.11. The second-order valence-corrected chi connectivity index (χ2v) is 3.61. The Morgan fingerprint density at radius 1 is 1.43 bits per heavy atom. The number of hydrogen-bond donors (Lipinski definition) is 1. The van der Waals surface area contributed by atoms with Crippen LogP contribution in [0.25, 0.3) is 5.76 Å². The Kier molecular flexibility index (Phi) is 3.55. The zero-order valence-electron chi connectivity index (χ0n) is 7.42. The van der Waals surface area contributed by atoms with Gasteiger partial charge in [0.05, 0.1) is 5.02 Å². The van der Waals surface area contributed by atoms with Gasteiger partial charge in [-0.15, -0.1) is 0 Å². The molecule has 1 aromatic carbocycles. The molecule has 0 radical (unpaired) electrons. The first-order valence-corrected chi connectivity index (χ1v) is 4.63. The molecule has 0 atom stereocenters. The Labute approximate surface area is 91.8 Å². The molecular formula is C10H8Cl2O2. The van der Waals surface area contributed by atoms with Crippen LogP contribution in [0, 0.1) is 0 Å². The minimum atomic E-state index is -0.242. The minimum absolute atomic E-state index is 0.154. The average Bonchev–Trinajstić information content (AvgIpc) is 2.01. The molecule has 0 aliphatic carbocycles. The Hall–Kier alpha value is -0.990. The van der Waals surface area contributed by atoms with Gasteiger partial charge >= 0.3 is 0 Å². The van der Waals surface area contributed by atoms with Crippen LogP contribution in [0.1, 0.15) is 12.5 Å². The third kappa shape index (κ3) is 2.76. The Balaban J connectivity index is 3.14. The topological polar surface area (TPSA) is 37.3 Å². The van der Waals surface area contributed by atoms with Gasteiger partial charge < -0.3 is 5.11 Å². The summed E-state index contributed by atoms with van der Waals surface area (Å²) < 4.78 is 0. The molecule has 0 saturated carbocycles. The summed E-state index contributed by atoms with van der Waals surface area (Å²) in [4.78, 5) is 10.7. The number of halogens is 2. The van der Waals surface area contributed by atoms with E-state index in [0.717, 1.165) is 6.08 Å². The van der Waals surface area contributed by atoms with Crippen molar-refractivity contribution in [1.82, 2.24) is 0 Å². The molecule has 0 saturated heterocycles. The first kappa shape index (κ1) is 11.1. The number of hydrogen-bond acceptors (Lipinski definition) is 2. The van der Waals surface area contributed by atoms with Gasteiger partial charge in [-0.05, 0) is 25.1 Å². The van der Waals surface area contributed by atoms with E-state index < -0.39 is 0 Å². The van der Waals surface area contributed by atoms with Crippen LogP contribution in [0.5, 0.6) is 0 Å². The molecule has 1 rings (SSSR count). The fourth-order valence-electron chi connectivity index (χ4n) is 0.967. The molecule has 0 amide bonds. The molecule has 0 spiro atoms. The Morgan fingerprint density at radius 3 is 2.57 bits per heavy atom.